The Labute approximate surface area is 68.5 Å². The summed E-state index contributed by atoms with van der Waals surface area (Å²) in [5, 5.41) is 0. The van der Waals surface area contributed by atoms with Crippen LogP contribution in [0.25, 0.3) is 0 Å². The minimum absolute atomic E-state index is 0.560. The summed E-state index contributed by atoms with van der Waals surface area (Å²) in [5.41, 5.74) is 0. The summed E-state index contributed by atoms with van der Waals surface area (Å²) in [6.07, 6.45) is 4.53. The Balaban J connectivity index is 2.04. The summed E-state index contributed by atoms with van der Waals surface area (Å²) in [4.78, 5) is 2.49. The van der Waals surface area contributed by atoms with Crippen LogP contribution >= 0.6 is 0 Å². The van der Waals surface area contributed by atoms with E-state index in [0.29, 0.717) is 6.10 Å². The van der Waals surface area contributed by atoms with Crippen LogP contribution in [0.4, 0.5) is 0 Å². The van der Waals surface area contributed by atoms with Crippen molar-refractivity contribution in [3.63, 3.8) is 0 Å². The summed E-state index contributed by atoms with van der Waals surface area (Å²) in [5.74, 6) is 0.838. The van der Waals surface area contributed by atoms with Crippen LogP contribution in [0.3, 0.4) is 0 Å². The third-order valence-electron chi connectivity index (χ3n) is 3.40. The molecular formula is C9H17NO. The van der Waals surface area contributed by atoms with E-state index >= 15 is 0 Å². The van der Waals surface area contributed by atoms with E-state index in [0.717, 1.165) is 12.0 Å². The zero-order valence-corrected chi connectivity index (χ0v) is 7.42. The summed E-state index contributed by atoms with van der Waals surface area (Å²) in [6.45, 7) is 1.27. The lowest BCUT2D eigenvalue weighted by Crippen LogP contribution is -2.27. The SMILES string of the molecule is CO[C@@H]1CC[C@@H]2C1CCN2C. The predicted molar refractivity (Wildman–Crippen MR) is 44.6 cm³/mol. The molecule has 0 amide bonds. The molecule has 1 aliphatic carbocycles. The summed E-state index contributed by atoms with van der Waals surface area (Å²) in [6, 6.07) is 0.833. The monoisotopic (exact) mass is 155 g/mol. The van der Waals surface area contributed by atoms with Crippen LogP contribution in [0.15, 0.2) is 0 Å². The summed E-state index contributed by atoms with van der Waals surface area (Å²) in [7, 11) is 4.09. The Morgan fingerprint density at radius 3 is 2.82 bits per heavy atom. The molecular weight excluding hydrogens is 138 g/mol. The molecule has 1 unspecified atom stereocenters. The molecule has 2 fully saturated rings. The first-order chi connectivity index (χ1) is 5.33. The van der Waals surface area contributed by atoms with E-state index in [-0.39, 0.29) is 0 Å². The van der Waals surface area contributed by atoms with E-state index in [2.05, 4.69) is 11.9 Å². The quantitative estimate of drug-likeness (QED) is 0.562. The highest BCUT2D eigenvalue weighted by atomic mass is 16.5. The third kappa shape index (κ3) is 1.09. The Bertz CT molecular complexity index is 148. The van der Waals surface area contributed by atoms with E-state index in [4.69, 9.17) is 4.74 Å². The van der Waals surface area contributed by atoms with Crippen LogP contribution in [0.1, 0.15) is 19.3 Å². The average Bonchev–Trinajstić information content (AvgIpc) is 2.53. The van der Waals surface area contributed by atoms with E-state index in [9.17, 15) is 0 Å². The Kier molecular flexibility index (Phi) is 1.90. The molecule has 0 bridgehead atoms. The van der Waals surface area contributed by atoms with Crippen LogP contribution in [0.2, 0.25) is 0 Å². The lowest BCUT2D eigenvalue weighted by atomic mass is 10.0. The lowest BCUT2D eigenvalue weighted by Gasteiger charge is -2.19. The van der Waals surface area contributed by atoms with Gasteiger partial charge in [0.15, 0.2) is 0 Å². The van der Waals surface area contributed by atoms with Crippen LogP contribution in [0.5, 0.6) is 0 Å². The molecule has 1 saturated heterocycles. The predicted octanol–water partition coefficient (Wildman–Crippen LogP) is 1.12. The summed E-state index contributed by atoms with van der Waals surface area (Å²) < 4.78 is 5.45. The van der Waals surface area contributed by atoms with Crippen molar-refractivity contribution in [3.8, 4) is 0 Å². The normalized spacial score (nSPS) is 44.7. The lowest BCUT2D eigenvalue weighted by molar-refractivity contribution is 0.0695. The van der Waals surface area contributed by atoms with Crippen molar-refractivity contribution in [3.05, 3.63) is 0 Å². The van der Waals surface area contributed by atoms with Gasteiger partial charge in [0, 0.05) is 19.1 Å². The van der Waals surface area contributed by atoms with Gasteiger partial charge in [-0.15, -0.1) is 0 Å². The maximum Gasteiger partial charge on any atom is 0.0615 e. The molecule has 2 heteroatoms. The molecule has 0 aromatic heterocycles. The molecule has 2 aliphatic rings. The number of ether oxygens (including phenoxy) is 1. The van der Waals surface area contributed by atoms with E-state index < -0.39 is 0 Å². The molecule has 0 N–H and O–H groups in total. The number of hydrogen-bond donors (Lipinski definition) is 0. The van der Waals surface area contributed by atoms with Crippen molar-refractivity contribution in [2.24, 2.45) is 5.92 Å². The van der Waals surface area contributed by atoms with Gasteiger partial charge in [-0.2, -0.15) is 0 Å². The van der Waals surface area contributed by atoms with Gasteiger partial charge < -0.3 is 9.64 Å². The van der Waals surface area contributed by atoms with E-state index in [1.54, 1.807) is 0 Å². The molecule has 11 heavy (non-hydrogen) atoms. The molecule has 1 saturated carbocycles. The van der Waals surface area contributed by atoms with E-state index in [1.165, 1.54) is 25.8 Å². The largest absolute Gasteiger partial charge is 0.381 e. The average molecular weight is 155 g/mol. The Hall–Kier alpha value is -0.0800. The molecule has 1 heterocycles. The van der Waals surface area contributed by atoms with Gasteiger partial charge in [-0.25, -0.2) is 0 Å². The van der Waals surface area contributed by atoms with Gasteiger partial charge in [0.1, 0.15) is 0 Å². The fourth-order valence-corrected chi connectivity index (χ4v) is 2.75. The topological polar surface area (TPSA) is 12.5 Å². The van der Waals surface area contributed by atoms with Gasteiger partial charge in [0.2, 0.25) is 0 Å². The maximum atomic E-state index is 5.45. The molecule has 0 aromatic carbocycles. The van der Waals surface area contributed by atoms with Crippen LogP contribution in [-0.4, -0.2) is 37.7 Å². The highest BCUT2D eigenvalue weighted by molar-refractivity contribution is 4.95. The zero-order valence-electron chi connectivity index (χ0n) is 7.42. The molecule has 0 radical (unpaired) electrons. The van der Waals surface area contributed by atoms with Gasteiger partial charge in [0.05, 0.1) is 6.10 Å². The second-order valence-corrected chi connectivity index (χ2v) is 3.85. The fraction of sp³-hybridized carbons (Fsp3) is 1.00. The Morgan fingerprint density at radius 1 is 1.27 bits per heavy atom. The van der Waals surface area contributed by atoms with Gasteiger partial charge in [-0.05, 0) is 32.9 Å². The summed E-state index contributed by atoms with van der Waals surface area (Å²) >= 11 is 0. The fourth-order valence-electron chi connectivity index (χ4n) is 2.75. The van der Waals surface area contributed by atoms with Gasteiger partial charge in [-0.3, -0.25) is 0 Å². The van der Waals surface area contributed by atoms with Crippen molar-refractivity contribution in [1.82, 2.24) is 4.90 Å². The van der Waals surface area contributed by atoms with Gasteiger partial charge in [0.25, 0.3) is 0 Å². The molecule has 64 valence electrons. The van der Waals surface area contributed by atoms with Crippen molar-refractivity contribution < 1.29 is 4.74 Å². The number of fused-ring (bicyclic) bond motifs is 1. The minimum atomic E-state index is 0.560. The third-order valence-corrected chi connectivity index (χ3v) is 3.40. The van der Waals surface area contributed by atoms with Crippen molar-refractivity contribution in [2.75, 3.05) is 20.7 Å². The van der Waals surface area contributed by atoms with Crippen LogP contribution in [-0.2, 0) is 4.74 Å². The number of nitrogens with zero attached hydrogens (tertiary/aromatic N) is 1. The van der Waals surface area contributed by atoms with E-state index in [1.807, 2.05) is 7.11 Å². The molecule has 1 aliphatic heterocycles. The number of rotatable bonds is 1. The molecule has 0 aromatic rings. The maximum absolute atomic E-state index is 5.45. The first-order valence-corrected chi connectivity index (χ1v) is 4.56. The smallest absolute Gasteiger partial charge is 0.0615 e. The molecule has 2 rings (SSSR count). The first-order valence-electron chi connectivity index (χ1n) is 4.56. The second-order valence-electron chi connectivity index (χ2n) is 3.85. The minimum Gasteiger partial charge on any atom is -0.381 e. The number of methoxy groups -OCH3 is 1. The van der Waals surface area contributed by atoms with Crippen molar-refractivity contribution in [2.45, 2.75) is 31.4 Å². The van der Waals surface area contributed by atoms with Gasteiger partial charge in [-0.1, -0.05) is 0 Å². The van der Waals surface area contributed by atoms with Crippen molar-refractivity contribution >= 4 is 0 Å². The molecule has 0 spiro atoms. The highest BCUT2D eigenvalue weighted by Crippen LogP contribution is 2.38. The molecule has 2 nitrogen and oxygen atoms in total. The van der Waals surface area contributed by atoms with Crippen molar-refractivity contribution in [1.29, 1.82) is 0 Å². The highest BCUT2D eigenvalue weighted by Gasteiger charge is 2.42. The zero-order chi connectivity index (χ0) is 7.84. The standard InChI is InChI=1S/C9H17NO/c1-10-6-5-7-8(10)3-4-9(7)11-2/h7-9H,3-6H2,1-2H3/t7?,8-,9-/m1/s1. The second kappa shape index (κ2) is 2.76. The number of likely N-dealkylation sites (tertiary alicyclic amines) is 1. The van der Waals surface area contributed by atoms with Crippen LogP contribution < -0.4 is 0 Å². The first kappa shape index (κ1) is 7.56. The number of hydrogen-bond acceptors (Lipinski definition) is 2. The molecule has 3 atom stereocenters. The Morgan fingerprint density at radius 2 is 2.09 bits per heavy atom. The van der Waals surface area contributed by atoms with Gasteiger partial charge >= 0.3 is 0 Å². The van der Waals surface area contributed by atoms with Crippen LogP contribution in [0, 0.1) is 5.92 Å².